The Hall–Kier alpha value is -1.73. The third-order valence-electron chi connectivity index (χ3n) is 2.51. The van der Waals surface area contributed by atoms with Gasteiger partial charge in [-0.25, -0.2) is 9.97 Å². The van der Waals surface area contributed by atoms with Crippen LogP contribution in [0.3, 0.4) is 0 Å². The van der Waals surface area contributed by atoms with Crippen molar-refractivity contribution in [2.45, 2.75) is 19.4 Å². The second-order valence-corrected chi connectivity index (χ2v) is 5.05. The van der Waals surface area contributed by atoms with Gasteiger partial charge in [0.2, 0.25) is 5.82 Å². The Kier molecular flexibility index (Phi) is 4.28. The van der Waals surface area contributed by atoms with Gasteiger partial charge in [0.25, 0.3) is 0 Å². The Morgan fingerprint density at radius 1 is 1.58 bits per heavy atom. The van der Waals surface area contributed by atoms with E-state index in [0.717, 1.165) is 11.4 Å². The lowest BCUT2D eigenvalue weighted by Gasteiger charge is -2.15. The monoisotopic (exact) mass is 298 g/mol. The summed E-state index contributed by atoms with van der Waals surface area (Å²) in [5.74, 6) is 0.166. The number of halogens is 1. The summed E-state index contributed by atoms with van der Waals surface area (Å²) in [6.45, 7) is 1.97. The first-order chi connectivity index (χ1) is 9.11. The van der Waals surface area contributed by atoms with Crippen LogP contribution in [0.15, 0.2) is 23.7 Å². The minimum atomic E-state index is -0.486. The molecule has 0 spiro atoms. The van der Waals surface area contributed by atoms with E-state index in [9.17, 15) is 10.1 Å². The van der Waals surface area contributed by atoms with Crippen LogP contribution in [-0.4, -0.2) is 14.9 Å². The van der Waals surface area contributed by atoms with Gasteiger partial charge in [0.05, 0.1) is 11.0 Å². The third-order valence-corrected chi connectivity index (χ3v) is 3.61. The topological polar surface area (TPSA) is 81.0 Å². The molecule has 0 radical (unpaired) electrons. The summed E-state index contributed by atoms with van der Waals surface area (Å²) in [7, 11) is 0. The van der Waals surface area contributed by atoms with Crippen LogP contribution in [0.25, 0.3) is 0 Å². The van der Waals surface area contributed by atoms with Crippen molar-refractivity contribution in [2.75, 3.05) is 5.32 Å². The Bertz CT molecular complexity index is 576. The van der Waals surface area contributed by atoms with Crippen LogP contribution in [0, 0.1) is 10.1 Å². The number of nitrogens with zero attached hydrogens (tertiary/aromatic N) is 3. The molecule has 8 heteroatoms. The van der Waals surface area contributed by atoms with E-state index in [1.54, 1.807) is 6.20 Å². The van der Waals surface area contributed by atoms with Crippen LogP contribution in [0.1, 0.15) is 24.4 Å². The average molecular weight is 299 g/mol. The number of rotatable bonds is 5. The number of anilines is 1. The molecule has 19 heavy (non-hydrogen) atoms. The van der Waals surface area contributed by atoms with Gasteiger partial charge in [0.1, 0.15) is 10.2 Å². The Morgan fingerprint density at radius 3 is 2.95 bits per heavy atom. The van der Waals surface area contributed by atoms with Crippen molar-refractivity contribution in [1.82, 2.24) is 9.97 Å². The largest absolute Gasteiger partial charge is 0.355 e. The molecule has 6 nitrogen and oxygen atoms in total. The van der Waals surface area contributed by atoms with Gasteiger partial charge in [-0.2, -0.15) is 0 Å². The third kappa shape index (κ3) is 3.18. The number of hydrogen-bond donors (Lipinski definition) is 1. The zero-order valence-electron chi connectivity index (χ0n) is 10.0. The highest BCUT2D eigenvalue weighted by Crippen LogP contribution is 2.29. The molecule has 2 aromatic rings. The van der Waals surface area contributed by atoms with Crippen LogP contribution in [0.5, 0.6) is 0 Å². The van der Waals surface area contributed by atoms with Crippen LogP contribution < -0.4 is 5.32 Å². The van der Waals surface area contributed by atoms with E-state index in [-0.39, 0.29) is 22.7 Å². The van der Waals surface area contributed by atoms with Gasteiger partial charge in [0, 0.05) is 17.6 Å². The second kappa shape index (κ2) is 5.94. The number of nitrogens with one attached hydrogen (secondary N) is 1. The average Bonchev–Trinajstić information content (AvgIpc) is 2.89. The molecular weight excluding hydrogens is 288 g/mol. The molecule has 0 aliphatic carbocycles. The molecule has 0 aromatic carbocycles. The fourth-order valence-electron chi connectivity index (χ4n) is 1.59. The normalized spacial score (nSPS) is 12.1. The van der Waals surface area contributed by atoms with Crippen molar-refractivity contribution >= 4 is 34.4 Å². The van der Waals surface area contributed by atoms with Crippen LogP contribution in [-0.2, 0) is 0 Å². The minimum Gasteiger partial charge on any atom is -0.355 e. The standard InChI is InChI=1S/C11H11ClN4O2S/c1-2-7(11-13-5-6-19-11)14-10-8(16(17)18)3-4-9(12)15-10/h3-7H,2H2,1H3,(H,14,15). The van der Waals surface area contributed by atoms with Gasteiger partial charge in [-0.3, -0.25) is 10.1 Å². The lowest BCUT2D eigenvalue weighted by atomic mass is 10.2. The molecule has 0 saturated carbocycles. The van der Waals surface area contributed by atoms with Crippen LogP contribution in [0.4, 0.5) is 11.5 Å². The van der Waals surface area contributed by atoms with Gasteiger partial charge in [-0.05, 0) is 12.5 Å². The zero-order chi connectivity index (χ0) is 13.8. The predicted molar refractivity (Wildman–Crippen MR) is 74.7 cm³/mol. The predicted octanol–water partition coefficient (Wildman–Crippen LogP) is 3.66. The first kappa shape index (κ1) is 13.7. The van der Waals surface area contributed by atoms with Crippen LogP contribution >= 0.6 is 22.9 Å². The van der Waals surface area contributed by atoms with E-state index >= 15 is 0 Å². The number of pyridine rings is 1. The summed E-state index contributed by atoms with van der Waals surface area (Å²) in [6, 6.07) is 2.62. The quantitative estimate of drug-likeness (QED) is 0.517. The molecule has 2 aromatic heterocycles. The summed E-state index contributed by atoms with van der Waals surface area (Å²) < 4.78 is 0. The molecule has 0 aliphatic heterocycles. The van der Waals surface area contributed by atoms with Gasteiger partial charge >= 0.3 is 5.69 Å². The molecule has 1 N–H and O–H groups in total. The maximum absolute atomic E-state index is 11.0. The lowest BCUT2D eigenvalue weighted by molar-refractivity contribution is -0.384. The molecule has 100 valence electrons. The zero-order valence-corrected chi connectivity index (χ0v) is 11.6. The molecule has 1 atom stereocenters. The van der Waals surface area contributed by atoms with Crippen molar-refractivity contribution in [3.63, 3.8) is 0 Å². The van der Waals surface area contributed by atoms with E-state index in [1.165, 1.54) is 23.5 Å². The molecular formula is C11H11ClN4O2S. The fraction of sp³-hybridized carbons (Fsp3) is 0.273. The number of hydrogen-bond acceptors (Lipinski definition) is 6. The number of nitro groups is 1. The van der Waals surface area contributed by atoms with E-state index in [0.29, 0.717) is 0 Å². The molecule has 0 saturated heterocycles. The van der Waals surface area contributed by atoms with Crippen molar-refractivity contribution in [3.8, 4) is 0 Å². The van der Waals surface area contributed by atoms with Gasteiger partial charge in [0.15, 0.2) is 0 Å². The molecule has 0 aliphatic rings. The summed E-state index contributed by atoms with van der Waals surface area (Å²) >= 11 is 7.28. The van der Waals surface area contributed by atoms with Gasteiger partial charge < -0.3 is 5.32 Å². The lowest BCUT2D eigenvalue weighted by Crippen LogP contribution is -2.12. The number of aromatic nitrogens is 2. The molecule has 2 rings (SSSR count). The van der Waals surface area contributed by atoms with E-state index < -0.39 is 4.92 Å². The summed E-state index contributed by atoms with van der Waals surface area (Å²) in [5, 5.41) is 16.9. The number of thiazole rings is 1. The van der Waals surface area contributed by atoms with Crippen molar-refractivity contribution < 1.29 is 4.92 Å². The molecule has 0 fully saturated rings. The highest BCUT2D eigenvalue weighted by Gasteiger charge is 2.20. The van der Waals surface area contributed by atoms with Crippen molar-refractivity contribution in [1.29, 1.82) is 0 Å². The van der Waals surface area contributed by atoms with Crippen molar-refractivity contribution in [3.05, 3.63) is 44.0 Å². The van der Waals surface area contributed by atoms with E-state index in [4.69, 9.17) is 11.6 Å². The first-order valence-electron chi connectivity index (χ1n) is 5.58. The highest BCUT2D eigenvalue weighted by atomic mass is 35.5. The molecule has 1 unspecified atom stereocenters. The van der Waals surface area contributed by atoms with Crippen molar-refractivity contribution in [2.24, 2.45) is 0 Å². The SMILES string of the molecule is CCC(Nc1nc(Cl)ccc1[N+](=O)[O-])c1nccs1. The first-order valence-corrected chi connectivity index (χ1v) is 6.84. The minimum absolute atomic E-state index is 0.0978. The maximum atomic E-state index is 11.0. The molecule has 0 bridgehead atoms. The van der Waals surface area contributed by atoms with Gasteiger partial charge in [-0.1, -0.05) is 18.5 Å². The summed E-state index contributed by atoms with van der Waals surface area (Å²) in [5.41, 5.74) is -0.0978. The van der Waals surface area contributed by atoms with Crippen LogP contribution in [0.2, 0.25) is 5.15 Å². The van der Waals surface area contributed by atoms with E-state index in [2.05, 4.69) is 15.3 Å². The summed E-state index contributed by atoms with van der Waals surface area (Å²) in [6.07, 6.45) is 2.43. The maximum Gasteiger partial charge on any atom is 0.311 e. The van der Waals surface area contributed by atoms with E-state index in [1.807, 2.05) is 12.3 Å². The Labute approximate surface area is 118 Å². The Morgan fingerprint density at radius 2 is 2.37 bits per heavy atom. The second-order valence-electron chi connectivity index (χ2n) is 3.73. The summed E-state index contributed by atoms with van der Waals surface area (Å²) in [4.78, 5) is 18.7. The Balaban J connectivity index is 2.31. The fourth-order valence-corrected chi connectivity index (χ4v) is 2.51. The van der Waals surface area contributed by atoms with Gasteiger partial charge in [-0.15, -0.1) is 11.3 Å². The molecule has 2 heterocycles. The smallest absolute Gasteiger partial charge is 0.311 e. The molecule has 0 amide bonds. The highest BCUT2D eigenvalue weighted by molar-refractivity contribution is 7.09.